The second kappa shape index (κ2) is 6.47. The summed E-state index contributed by atoms with van der Waals surface area (Å²) in [5.74, 6) is -0.276. The van der Waals surface area contributed by atoms with Crippen molar-refractivity contribution in [3.05, 3.63) is 46.9 Å². The standard InChI is InChI=1S/C17H18F3N5O/c1-9-5-6-13(26-4)12(7-9)11(3)22-14-8-10(2)21-16-23-15(17(18,19)20)24-25(14)16/h5-8,11,22H,1-4H3/t11-/m1/s1. The third kappa shape index (κ3) is 3.42. The van der Waals surface area contributed by atoms with Gasteiger partial charge in [0.2, 0.25) is 0 Å². The van der Waals surface area contributed by atoms with Crippen LogP contribution in [-0.4, -0.2) is 26.7 Å². The van der Waals surface area contributed by atoms with Crippen LogP contribution in [0.2, 0.25) is 0 Å². The molecule has 1 aromatic carbocycles. The molecule has 2 heterocycles. The van der Waals surface area contributed by atoms with Crippen molar-refractivity contribution in [1.29, 1.82) is 0 Å². The Kier molecular flexibility index (Phi) is 4.47. The Morgan fingerprint density at radius 3 is 2.54 bits per heavy atom. The van der Waals surface area contributed by atoms with Crippen molar-refractivity contribution in [2.75, 3.05) is 12.4 Å². The number of alkyl halides is 3. The van der Waals surface area contributed by atoms with Gasteiger partial charge in [0.05, 0.1) is 13.2 Å². The van der Waals surface area contributed by atoms with Gasteiger partial charge in [-0.3, -0.25) is 0 Å². The maximum atomic E-state index is 12.9. The minimum absolute atomic E-state index is 0.108. The van der Waals surface area contributed by atoms with Crippen molar-refractivity contribution in [1.82, 2.24) is 19.6 Å². The Hall–Kier alpha value is -2.84. The predicted octanol–water partition coefficient (Wildman–Crippen LogP) is 3.94. The number of rotatable bonds is 4. The van der Waals surface area contributed by atoms with Gasteiger partial charge in [-0.25, -0.2) is 4.98 Å². The van der Waals surface area contributed by atoms with Crippen molar-refractivity contribution < 1.29 is 17.9 Å². The van der Waals surface area contributed by atoms with Gasteiger partial charge in [-0.15, -0.1) is 5.10 Å². The number of aromatic nitrogens is 4. The van der Waals surface area contributed by atoms with Crippen LogP contribution in [0.4, 0.5) is 19.0 Å². The van der Waals surface area contributed by atoms with Crippen molar-refractivity contribution in [2.45, 2.75) is 33.0 Å². The topological polar surface area (TPSA) is 64.3 Å². The molecule has 0 aliphatic heterocycles. The molecule has 6 nitrogen and oxygen atoms in total. The Balaban J connectivity index is 2.03. The molecule has 3 aromatic rings. The zero-order valence-electron chi connectivity index (χ0n) is 14.7. The Morgan fingerprint density at radius 2 is 1.88 bits per heavy atom. The van der Waals surface area contributed by atoms with Crippen LogP contribution in [0.25, 0.3) is 5.78 Å². The van der Waals surface area contributed by atoms with Crippen LogP contribution in [0.3, 0.4) is 0 Å². The van der Waals surface area contributed by atoms with E-state index in [1.165, 1.54) is 0 Å². The molecular weight excluding hydrogens is 347 g/mol. The monoisotopic (exact) mass is 365 g/mol. The Labute approximate surface area is 148 Å². The van der Waals surface area contributed by atoms with E-state index in [2.05, 4.69) is 20.4 Å². The van der Waals surface area contributed by atoms with Gasteiger partial charge in [0.1, 0.15) is 11.6 Å². The van der Waals surface area contributed by atoms with E-state index in [9.17, 15) is 13.2 Å². The normalized spacial score (nSPS) is 13.0. The van der Waals surface area contributed by atoms with E-state index in [-0.39, 0.29) is 11.8 Å². The van der Waals surface area contributed by atoms with Crippen LogP contribution in [-0.2, 0) is 6.18 Å². The fraction of sp³-hybridized carbons (Fsp3) is 0.353. The molecule has 0 bridgehead atoms. The highest BCUT2D eigenvalue weighted by molar-refractivity contribution is 5.49. The average Bonchev–Trinajstić information content (AvgIpc) is 2.99. The number of nitrogens with one attached hydrogen (secondary N) is 1. The van der Waals surface area contributed by atoms with E-state index >= 15 is 0 Å². The van der Waals surface area contributed by atoms with E-state index in [0.717, 1.165) is 15.6 Å². The molecular formula is C17H18F3N5O. The predicted molar refractivity (Wildman–Crippen MR) is 90.3 cm³/mol. The maximum absolute atomic E-state index is 12.9. The van der Waals surface area contributed by atoms with Gasteiger partial charge in [0.25, 0.3) is 11.6 Å². The molecule has 2 aromatic heterocycles. The summed E-state index contributed by atoms with van der Waals surface area (Å²) >= 11 is 0. The maximum Gasteiger partial charge on any atom is 0.453 e. The molecule has 0 amide bonds. The largest absolute Gasteiger partial charge is 0.496 e. The van der Waals surface area contributed by atoms with Crippen molar-refractivity contribution >= 4 is 11.6 Å². The van der Waals surface area contributed by atoms with Gasteiger partial charge < -0.3 is 10.1 Å². The number of methoxy groups -OCH3 is 1. The first-order valence-corrected chi connectivity index (χ1v) is 7.91. The molecule has 0 unspecified atom stereocenters. The van der Waals surface area contributed by atoms with Crippen molar-refractivity contribution in [3.63, 3.8) is 0 Å². The Morgan fingerprint density at radius 1 is 1.15 bits per heavy atom. The highest BCUT2D eigenvalue weighted by Gasteiger charge is 2.37. The number of aryl methyl sites for hydroxylation is 2. The van der Waals surface area contributed by atoms with Gasteiger partial charge in [-0.05, 0) is 26.8 Å². The smallest absolute Gasteiger partial charge is 0.453 e. The summed E-state index contributed by atoms with van der Waals surface area (Å²) in [6.45, 7) is 5.53. The second-order valence-electron chi connectivity index (χ2n) is 6.04. The lowest BCUT2D eigenvalue weighted by Gasteiger charge is -2.19. The number of ether oxygens (including phenoxy) is 1. The lowest BCUT2D eigenvalue weighted by molar-refractivity contribution is -0.144. The number of hydrogen-bond donors (Lipinski definition) is 1. The molecule has 9 heteroatoms. The van der Waals surface area contributed by atoms with Crippen LogP contribution in [0.5, 0.6) is 5.75 Å². The minimum atomic E-state index is -4.63. The second-order valence-corrected chi connectivity index (χ2v) is 6.04. The minimum Gasteiger partial charge on any atom is -0.496 e. The molecule has 0 saturated carbocycles. The summed E-state index contributed by atoms with van der Waals surface area (Å²) in [7, 11) is 1.57. The fourth-order valence-electron chi connectivity index (χ4n) is 2.70. The highest BCUT2D eigenvalue weighted by atomic mass is 19.4. The first-order chi connectivity index (χ1) is 12.2. The summed E-state index contributed by atoms with van der Waals surface area (Å²) in [6.07, 6.45) is -4.63. The van der Waals surface area contributed by atoms with E-state index in [4.69, 9.17) is 4.74 Å². The molecule has 26 heavy (non-hydrogen) atoms. The van der Waals surface area contributed by atoms with Gasteiger partial charge in [-0.2, -0.15) is 22.7 Å². The van der Waals surface area contributed by atoms with Crippen LogP contribution in [0.1, 0.15) is 35.6 Å². The summed E-state index contributed by atoms with van der Waals surface area (Å²) in [4.78, 5) is 7.51. The van der Waals surface area contributed by atoms with E-state index < -0.39 is 12.0 Å². The lowest BCUT2D eigenvalue weighted by atomic mass is 10.0. The molecule has 0 aliphatic rings. The SMILES string of the molecule is COc1ccc(C)cc1[C@@H](C)Nc1cc(C)nc2nc(C(F)(F)F)nn12. The summed E-state index contributed by atoms with van der Waals surface area (Å²) in [5.41, 5.74) is 2.46. The van der Waals surface area contributed by atoms with Crippen LogP contribution in [0.15, 0.2) is 24.3 Å². The van der Waals surface area contributed by atoms with Gasteiger partial charge >= 0.3 is 6.18 Å². The highest BCUT2D eigenvalue weighted by Crippen LogP contribution is 2.30. The first kappa shape index (κ1) is 18.0. The summed E-state index contributed by atoms with van der Waals surface area (Å²) in [6, 6.07) is 7.13. The van der Waals surface area contributed by atoms with Crippen LogP contribution < -0.4 is 10.1 Å². The molecule has 0 radical (unpaired) electrons. The van der Waals surface area contributed by atoms with Crippen LogP contribution >= 0.6 is 0 Å². The van der Waals surface area contributed by atoms with Gasteiger partial charge in [-0.1, -0.05) is 17.7 Å². The molecule has 0 fully saturated rings. The Bertz CT molecular complexity index is 951. The number of fused-ring (bicyclic) bond motifs is 1. The molecule has 138 valence electrons. The average molecular weight is 365 g/mol. The molecule has 0 spiro atoms. The number of anilines is 1. The van der Waals surface area contributed by atoms with E-state index in [0.29, 0.717) is 17.3 Å². The van der Waals surface area contributed by atoms with Crippen molar-refractivity contribution in [2.24, 2.45) is 0 Å². The lowest BCUT2D eigenvalue weighted by Crippen LogP contribution is -2.13. The quantitative estimate of drug-likeness (QED) is 0.759. The number of hydrogen-bond acceptors (Lipinski definition) is 5. The fourth-order valence-corrected chi connectivity index (χ4v) is 2.70. The number of halogens is 3. The first-order valence-electron chi connectivity index (χ1n) is 7.91. The summed E-state index contributed by atoms with van der Waals surface area (Å²) in [5, 5.41) is 6.74. The van der Waals surface area contributed by atoms with Crippen molar-refractivity contribution in [3.8, 4) is 5.75 Å². The summed E-state index contributed by atoms with van der Waals surface area (Å²) < 4.78 is 45.2. The zero-order chi connectivity index (χ0) is 19.1. The number of benzene rings is 1. The molecule has 1 N–H and O–H groups in total. The third-order valence-electron chi connectivity index (χ3n) is 3.91. The molecule has 3 rings (SSSR count). The third-order valence-corrected chi connectivity index (χ3v) is 3.91. The van der Waals surface area contributed by atoms with E-state index in [1.54, 1.807) is 20.1 Å². The van der Waals surface area contributed by atoms with Gasteiger partial charge in [0.15, 0.2) is 0 Å². The van der Waals surface area contributed by atoms with Gasteiger partial charge in [0, 0.05) is 17.3 Å². The number of nitrogens with zero attached hydrogens (tertiary/aromatic N) is 4. The molecule has 1 atom stereocenters. The molecule has 0 aliphatic carbocycles. The van der Waals surface area contributed by atoms with E-state index in [1.807, 2.05) is 32.0 Å². The van der Waals surface area contributed by atoms with Crippen LogP contribution in [0, 0.1) is 13.8 Å². The zero-order valence-corrected chi connectivity index (χ0v) is 14.7. The molecule has 0 saturated heterocycles.